The summed E-state index contributed by atoms with van der Waals surface area (Å²) in [5, 5.41) is 2.66. The van der Waals surface area contributed by atoms with Crippen molar-refractivity contribution in [3.05, 3.63) is 109 Å². The average Bonchev–Trinajstić information content (AvgIpc) is 2.87. The number of rotatable bonds is 11. The summed E-state index contributed by atoms with van der Waals surface area (Å²) in [6.45, 7) is 5.59. The standard InChI is InChI=1S/C27H28N2O5S2/c1-3-25(34-26(30)21-10-6-4-7-11-21)24(18-19-35-22-12-8-5-9-13-22)28-27(31)29-36(32,33)23-16-14-20(2)15-17-23/h3-17,24-25H,1,18-19H2,2H3,(H2,28,29,31)/t24-,25-/m0/s1. The lowest BCUT2D eigenvalue weighted by Crippen LogP contribution is -2.50. The molecule has 0 saturated heterocycles. The largest absolute Gasteiger partial charge is 0.452 e. The smallest absolute Gasteiger partial charge is 0.338 e. The SMILES string of the molecule is C=C[C@H](OC(=O)c1ccccc1)[C@H](CCSc1ccccc1)NC(=O)NS(=O)(=O)c1ccc(C)cc1. The highest BCUT2D eigenvalue weighted by atomic mass is 32.2. The zero-order valence-electron chi connectivity index (χ0n) is 19.8. The van der Waals surface area contributed by atoms with Crippen LogP contribution in [0.2, 0.25) is 0 Å². The van der Waals surface area contributed by atoms with Gasteiger partial charge in [-0.05, 0) is 55.8 Å². The number of carbonyl (C=O) groups excluding carboxylic acids is 2. The number of carbonyl (C=O) groups is 2. The fraction of sp³-hybridized carbons (Fsp3) is 0.185. The fourth-order valence-electron chi connectivity index (χ4n) is 3.30. The number of thioether (sulfide) groups is 1. The first-order chi connectivity index (χ1) is 17.3. The molecule has 0 aliphatic heterocycles. The van der Waals surface area contributed by atoms with Crippen molar-refractivity contribution in [3.63, 3.8) is 0 Å². The van der Waals surface area contributed by atoms with E-state index in [1.807, 2.05) is 42.0 Å². The van der Waals surface area contributed by atoms with Gasteiger partial charge < -0.3 is 10.1 Å². The van der Waals surface area contributed by atoms with Gasteiger partial charge in [-0.1, -0.05) is 60.7 Å². The normalized spacial score (nSPS) is 12.7. The van der Waals surface area contributed by atoms with Gasteiger partial charge in [0, 0.05) is 10.6 Å². The summed E-state index contributed by atoms with van der Waals surface area (Å²) in [4.78, 5) is 26.4. The average molecular weight is 525 g/mol. The van der Waals surface area contributed by atoms with E-state index in [1.54, 1.807) is 54.2 Å². The van der Waals surface area contributed by atoms with E-state index in [2.05, 4.69) is 11.9 Å². The summed E-state index contributed by atoms with van der Waals surface area (Å²) in [5.41, 5.74) is 1.25. The molecule has 0 radical (unpaired) electrons. The third-order valence-corrected chi connectivity index (χ3v) is 7.59. The van der Waals surface area contributed by atoms with E-state index in [1.165, 1.54) is 18.2 Å². The summed E-state index contributed by atoms with van der Waals surface area (Å²) in [5.74, 6) is 0.00286. The Morgan fingerprint density at radius 2 is 1.58 bits per heavy atom. The van der Waals surface area contributed by atoms with E-state index < -0.39 is 34.2 Å². The molecule has 2 atom stereocenters. The fourth-order valence-corrected chi connectivity index (χ4v) is 5.17. The van der Waals surface area contributed by atoms with Gasteiger partial charge in [-0.2, -0.15) is 0 Å². The molecular formula is C27H28N2O5S2. The minimum atomic E-state index is -4.08. The number of ether oxygens (including phenoxy) is 1. The highest BCUT2D eigenvalue weighted by molar-refractivity contribution is 7.99. The summed E-state index contributed by atoms with van der Waals surface area (Å²) in [7, 11) is -4.08. The molecule has 0 fully saturated rings. The molecular weight excluding hydrogens is 496 g/mol. The molecule has 0 aliphatic carbocycles. The summed E-state index contributed by atoms with van der Waals surface area (Å²) in [6, 6.07) is 22.7. The number of amides is 2. The van der Waals surface area contributed by atoms with Crippen molar-refractivity contribution in [2.45, 2.75) is 35.3 Å². The zero-order chi connectivity index (χ0) is 26.0. The topological polar surface area (TPSA) is 102 Å². The van der Waals surface area contributed by atoms with Crippen molar-refractivity contribution in [2.75, 3.05) is 5.75 Å². The van der Waals surface area contributed by atoms with E-state index in [4.69, 9.17) is 4.74 Å². The Morgan fingerprint density at radius 1 is 0.972 bits per heavy atom. The molecule has 0 bridgehead atoms. The second-order valence-corrected chi connectivity index (χ2v) is 10.8. The molecule has 36 heavy (non-hydrogen) atoms. The summed E-state index contributed by atoms with van der Waals surface area (Å²) < 4.78 is 33.0. The lowest BCUT2D eigenvalue weighted by molar-refractivity contribution is 0.0326. The van der Waals surface area contributed by atoms with Crippen molar-refractivity contribution in [1.82, 2.24) is 10.0 Å². The van der Waals surface area contributed by atoms with Crippen molar-refractivity contribution in [3.8, 4) is 0 Å². The Labute approximate surface area is 216 Å². The number of benzene rings is 3. The van der Waals surface area contributed by atoms with E-state index in [0.29, 0.717) is 17.7 Å². The lowest BCUT2D eigenvalue weighted by Gasteiger charge is -2.26. The molecule has 9 heteroatoms. The molecule has 0 unspecified atom stereocenters. The highest BCUT2D eigenvalue weighted by Crippen LogP contribution is 2.20. The Hall–Kier alpha value is -3.56. The van der Waals surface area contributed by atoms with Gasteiger partial charge in [0.1, 0.15) is 6.10 Å². The van der Waals surface area contributed by atoms with E-state index >= 15 is 0 Å². The quantitative estimate of drug-likeness (QED) is 0.209. The first kappa shape index (κ1) is 27.0. The molecule has 3 aromatic carbocycles. The Bertz CT molecular complexity index is 1260. The lowest BCUT2D eigenvalue weighted by atomic mass is 10.1. The number of sulfonamides is 1. The highest BCUT2D eigenvalue weighted by Gasteiger charge is 2.27. The molecule has 0 aromatic heterocycles. The van der Waals surface area contributed by atoms with Gasteiger partial charge in [-0.25, -0.2) is 22.7 Å². The molecule has 0 aliphatic rings. The van der Waals surface area contributed by atoms with Crippen molar-refractivity contribution in [2.24, 2.45) is 0 Å². The van der Waals surface area contributed by atoms with Crippen LogP contribution in [0.5, 0.6) is 0 Å². The maximum absolute atomic E-state index is 12.7. The Morgan fingerprint density at radius 3 is 2.19 bits per heavy atom. The van der Waals surface area contributed by atoms with E-state index in [-0.39, 0.29) is 4.90 Å². The molecule has 2 amide bonds. The van der Waals surface area contributed by atoms with Crippen LogP contribution in [0.4, 0.5) is 4.79 Å². The Kier molecular flexibility index (Phi) is 9.72. The van der Waals surface area contributed by atoms with Crippen LogP contribution in [-0.2, 0) is 14.8 Å². The number of hydrogen-bond acceptors (Lipinski definition) is 6. The first-order valence-electron chi connectivity index (χ1n) is 11.2. The number of aryl methyl sites for hydroxylation is 1. The molecule has 3 rings (SSSR count). The van der Waals surface area contributed by atoms with Crippen LogP contribution in [0.1, 0.15) is 22.3 Å². The third kappa shape index (κ3) is 8.00. The van der Waals surface area contributed by atoms with Gasteiger partial charge >= 0.3 is 12.0 Å². The number of esters is 1. The van der Waals surface area contributed by atoms with Crippen LogP contribution >= 0.6 is 11.8 Å². The van der Waals surface area contributed by atoms with Gasteiger partial charge in [0.2, 0.25) is 0 Å². The number of hydrogen-bond donors (Lipinski definition) is 2. The maximum Gasteiger partial charge on any atom is 0.338 e. The Balaban J connectivity index is 1.72. The van der Waals surface area contributed by atoms with Crippen LogP contribution in [0.3, 0.4) is 0 Å². The van der Waals surface area contributed by atoms with Crippen LogP contribution in [-0.4, -0.2) is 38.3 Å². The summed E-state index contributed by atoms with van der Waals surface area (Å²) in [6.07, 6.45) is 0.922. The third-order valence-electron chi connectivity index (χ3n) is 5.20. The van der Waals surface area contributed by atoms with Crippen molar-refractivity contribution >= 4 is 33.8 Å². The molecule has 7 nitrogen and oxygen atoms in total. The molecule has 0 saturated carbocycles. The monoisotopic (exact) mass is 524 g/mol. The van der Waals surface area contributed by atoms with Gasteiger partial charge in [0.15, 0.2) is 0 Å². The molecule has 2 N–H and O–H groups in total. The number of nitrogens with one attached hydrogen (secondary N) is 2. The van der Waals surface area contributed by atoms with E-state index in [9.17, 15) is 18.0 Å². The molecule has 0 spiro atoms. The predicted molar refractivity (Wildman–Crippen MR) is 141 cm³/mol. The molecule has 0 heterocycles. The second-order valence-electron chi connectivity index (χ2n) is 7.92. The first-order valence-corrected chi connectivity index (χ1v) is 13.7. The summed E-state index contributed by atoms with van der Waals surface area (Å²) >= 11 is 1.57. The molecule has 188 valence electrons. The van der Waals surface area contributed by atoms with Crippen molar-refractivity contribution in [1.29, 1.82) is 0 Å². The minimum Gasteiger partial charge on any atom is -0.452 e. The van der Waals surface area contributed by atoms with Crippen molar-refractivity contribution < 1.29 is 22.7 Å². The van der Waals surface area contributed by atoms with Crippen LogP contribution < -0.4 is 10.0 Å². The maximum atomic E-state index is 12.7. The van der Waals surface area contributed by atoms with E-state index in [0.717, 1.165) is 10.5 Å². The van der Waals surface area contributed by atoms with Crippen LogP contribution in [0.25, 0.3) is 0 Å². The van der Waals surface area contributed by atoms with Gasteiger partial charge in [0.25, 0.3) is 10.0 Å². The zero-order valence-corrected chi connectivity index (χ0v) is 21.4. The number of urea groups is 1. The van der Waals surface area contributed by atoms with Crippen LogP contribution in [0, 0.1) is 6.92 Å². The van der Waals surface area contributed by atoms with Gasteiger partial charge in [-0.15, -0.1) is 11.8 Å². The molecule has 3 aromatic rings. The van der Waals surface area contributed by atoms with Gasteiger partial charge in [0.05, 0.1) is 16.5 Å². The van der Waals surface area contributed by atoms with Gasteiger partial charge in [-0.3, -0.25) is 0 Å². The predicted octanol–water partition coefficient (Wildman–Crippen LogP) is 4.95. The second kappa shape index (κ2) is 12.9. The minimum absolute atomic E-state index is 0.0322. The van der Waals surface area contributed by atoms with Crippen LogP contribution in [0.15, 0.2) is 107 Å².